The average molecular weight is 269 g/mol. The second kappa shape index (κ2) is 4.82. The minimum absolute atomic E-state index is 0.0688. The normalized spacial score (nSPS) is 10.4. The Morgan fingerprint density at radius 3 is 2.56 bits per heavy atom. The van der Waals surface area contributed by atoms with Gasteiger partial charge in [-0.2, -0.15) is 0 Å². The summed E-state index contributed by atoms with van der Waals surface area (Å²) in [6.07, 6.45) is 0. The second-order valence-corrected chi connectivity index (χ2v) is 4.32. The Kier molecular flexibility index (Phi) is 3.39. The number of nitrogens with two attached hydrogens (primary N) is 1. The summed E-state index contributed by atoms with van der Waals surface area (Å²) in [6.45, 7) is 1.76. The van der Waals surface area contributed by atoms with Crippen LogP contribution in [0.3, 0.4) is 0 Å². The summed E-state index contributed by atoms with van der Waals surface area (Å²) in [5, 5.41) is 2.76. The smallest absolute Gasteiger partial charge is 0.146 e. The van der Waals surface area contributed by atoms with Crippen LogP contribution in [0.25, 0.3) is 0 Å². The molecule has 0 atom stereocenters. The van der Waals surface area contributed by atoms with E-state index in [4.69, 9.17) is 17.3 Å². The third-order valence-electron chi connectivity index (χ3n) is 2.57. The molecule has 94 valence electrons. The van der Waals surface area contributed by atoms with E-state index in [2.05, 4.69) is 5.32 Å². The molecule has 0 saturated carbocycles. The third-order valence-corrected chi connectivity index (χ3v) is 2.86. The molecule has 0 aliphatic rings. The predicted molar refractivity (Wildman–Crippen MR) is 70.2 cm³/mol. The van der Waals surface area contributed by atoms with Gasteiger partial charge in [-0.3, -0.25) is 0 Å². The van der Waals surface area contributed by atoms with E-state index in [-0.39, 0.29) is 10.7 Å². The van der Waals surface area contributed by atoms with Crippen LogP contribution in [0, 0.1) is 18.6 Å². The van der Waals surface area contributed by atoms with Gasteiger partial charge in [-0.05, 0) is 24.6 Å². The van der Waals surface area contributed by atoms with E-state index in [1.807, 2.05) is 0 Å². The largest absolute Gasteiger partial charge is 0.397 e. The predicted octanol–water partition coefficient (Wildman–Crippen LogP) is 4.25. The number of para-hydroxylation sites is 1. The fourth-order valence-corrected chi connectivity index (χ4v) is 1.76. The lowest BCUT2D eigenvalue weighted by atomic mass is 10.1. The Morgan fingerprint density at radius 1 is 1.17 bits per heavy atom. The van der Waals surface area contributed by atoms with Crippen LogP contribution in [-0.2, 0) is 0 Å². The molecule has 0 aliphatic heterocycles. The Balaban J connectivity index is 2.43. The average Bonchev–Trinajstić information content (AvgIpc) is 2.30. The zero-order valence-electron chi connectivity index (χ0n) is 9.60. The maximum Gasteiger partial charge on any atom is 0.146 e. The van der Waals surface area contributed by atoms with Crippen molar-refractivity contribution in [3.8, 4) is 0 Å². The maximum atomic E-state index is 13.6. The number of aryl methyl sites for hydroxylation is 1. The molecule has 0 heterocycles. The maximum absolute atomic E-state index is 13.6. The van der Waals surface area contributed by atoms with Crippen molar-refractivity contribution in [1.29, 1.82) is 0 Å². The molecule has 0 saturated heterocycles. The number of hydrogen-bond donors (Lipinski definition) is 2. The highest BCUT2D eigenvalue weighted by atomic mass is 35.5. The van der Waals surface area contributed by atoms with E-state index in [0.29, 0.717) is 11.4 Å². The highest BCUT2D eigenvalue weighted by Gasteiger charge is 2.10. The van der Waals surface area contributed by atoms with Crippen molar-refractivity contribution in [2.75, 3.05) is 11.1 Å². The number of rotatable bonds is 2. The summed E-state index contributed by atoms with van der Waals surface area (Å²) in [7, 11) is 0. The number of halogens is 3. The molecule has 5 heteroatoms. The highest BCUT2D eigenvalue weighted by Crippen LogP contribution is 2.31. The summed E-state index contributed by atoms with van der Waals surface area (Å²) in [5.41, 5.74) is 7.21. The molecule has 0 aromatic heterocycles. The van der Waals surface area contributed by atoms with Gasteiger partial charge < -0.3 is 11.1 Å². The lowest BCUT2D eigenvalue weighted by Crippen LogP contribution is -2.01. The van der Waals surface area contributed by atoms with Crippen LogP contribution < -0.4 is 11.1 Å². The van der Waals surface area contributed by atoms with E-state index in [0.717, 1.165) is 11.6 Å². The molecule has 2 aromatic carbocycles. The van der Waals surface area contributed by atoms with Gasteiger partial charge >= 0.3 is 0 Å². The van der Waals surface area contributed by atoms with E-state index in [1.54, 1.807) is 19.1 Å². The van der Waals surface area contributed by atoms with E-state index in [1.165, 1.54) is 12.1 Å². The fraction of sp³-hybridized carbons (Fsp3) is 0.0769. The van der Waals surface area contributed by atoms with E-state index >= 15 is 0 Å². The van der Waals surface area contributed by atoms with Crippen LogP contribution in [-0.4, -0.2) is 0 Å². The van der Waals surface area contributed by atoms with Gasteiger partial charge in [-0.25, -0.2) is 8.78 Å². The molecule has 0 unspecified atom stereocenters. The Hall–Kier alpha value is -1.81. The minimum Gasteiger partial charge on any atom is -0.397 e. The molecule has 18 heavy (non-hydrogen) atoms. The van der Waals surface area contributed by atoms with Gasteiger partial charge in [0.15, 0.2) is 0 Å². The first-order valence-electron chi connectivity index (χ1n) is 5.25. The molecular weight excluding hydrogens is 258 g/mol. The van der Waals surface area contributed by atoms with Crippen LogP contribution in [0.5, 0.6) is 0 Å². The Morgan fingerprint density at radius 2 is 1.89 bits per heavy atom. The molecule has 2 aromatic rings. The highest BCUT2D eigenvalue weighted by molar-refractivity contribution is 6.31. The summed E-state index contributed by atoms with van der Waals surface area (Å²) < 4.78 is 26.8. The molecule has 0 radical (unpaired) electrons. The molecule has 0 amide bonds. The second-order valence-electron chi connectivity index (χ2n) is 3.91. The molecule has 2 nitrogen and oxygen atoms in total. The van der Waals surface area contributed by atoms with Gasteiger partial charge in [0.05, 0.1) is 22.1 Å². The molecule has 2 rings (SSSR count). The van der Waals surface area contributed by atoms with Crippen molar-refractivity contribution in [2.45, 2.75) is 6.92 Å². The van der Waals surface area contributed by atoms with Crippen LogP contribution in [0.15, 0.2) is 30.3 Å². The van der Waals surface area contributed by atoms with Crippen molar-refractivity contribution in [3.63, 3.8) is 0 Å². The quantitative estimate of drug-likeness (QED) is 0.799. The van der Waals surface area contributed by atoms with Gasteiger partial charge in [-0.15, -0.1) is 0 Å². The van der Waals surface area contributed by atoms with Crippen molar-refractivity contribution >= 4 is 28.7 Å². The number of hydrogen-bond acceptors (Lipinski definition) is 2. The first-order chi connectivity index (χ1) is 8.49. The zero-order valence-corrected chi connectivity index (χ0v) is 10.4. The monoisotopic (exact) mass is 268 g/mol. The first-order valence-corrected chi connectivity index (χ1v) is 5.63. The van der Waals surface area contributed by atoms with E-state index < -0.39 is 11.6 Å². The number of benzene rings is 2. The first kappa shape index (κ1) is 12.6. The summed E-state index contributed by atoms with van der Waals surface area (Å²) in [5.74, 6) is -1.01. The number of nitrogen functional groups attached to an aromatic ring is 1. The van der Waals surface area contributed by atoms with Crippen molar-refractivity contribution in [3.05, 3.63) is 52.6 Å². The van der Waals surface area contributed by atoms with Crippen molar-refractivity contribution in [2.24, 2.45) is 0 Å². The van der Waals surface area contributed by atoms with Gasteiger partial charge in [0.25, 0.3) is 0 Å². The molecule has 3 N–H and O–H groups in total. The van der Waals surface area contributed by atoms with Gasteiger partial charge in [0.2, 0.25) is 0 Å². The summed E-state index contributed by atoms with van der Waals surface area (Å²) in [4.78, 5) is 0. The molecule has 0 spiro atoms. The molecular formula is C13H11ClF2N2. The van der Waals surface area contributed by atoms with Gasteiger partial charge in [0.1, 0.15) is 11.6 Å². The Bertz CT molecular complexity index is 580. The molecule has 0 aliphatic carbocycles. The van der Waals surface area contributed by atoms with Crippen LogP contribution in [0.4, 0.5) is 25.8 Å². The fourth-order valence-electron chi connectivity index (χ4n) is 1.60. The lowest BCUT2D eigenvalue weighted by Gasteiger charge is -2.13. The Labute approximate surface area is 108 Å². The zero-order chi connectivity index (χ0) is 13.3. The number of anilines is 3. The number of nitrogens with one attached hydrogen (secondary N) is 1. The standard InChI is InChI=1S/C13H11ClF2N2/c1-7-3-2-4-9(15)13(7)18-12-5-8(14)10(16)6-11(12)17/h2-6,18H,17H2,1H3. The van der Waals surface area contributed by atoms with Crippen molar-refractivity contribution in [1.82, 2.24) is 0 Å². The van der Waals surface area contributed by atoms with Crippen LogP contribution >= 0.6 is 11.6 Å². The van der Waals surface area contributed by atoms with Crippen LogP contribution in [0.2, 0.25) is 5.02 Å². The molecule has 0 fully saturated rings. The SMILES string of the molecule is Cc1cccc(F)c1Nc1cc(Cl)c(F)cc1N. The lowest BCUT2D eigenvalue weighted by molar-refractivity contribution is 0.628. The summed E-state index contributed by atoms with van der Waals surface area (Å²) >= 11 is 5.67. The topological polar surface area (TPSA) is 38.0 Å². The van der Waals surface area contributed by atoms with Crippen LogP contribution in [0.1, 0.15) is 5.56 Å². The van der Waals surface area contributed by atoms with Crippen molar-refractivity contribution < 1.29 is 8.78 Å². The van der Waals surface area contributed by atoms with E-state index in [9.17, 15) is 8.78 Å². The summed E-state index contributed by atoms with van der Waals surface area (Å²) in [6, 6.07) is 7.12. The third kappa shape index (κ3) is 2.38. The minimum atomic E-state index is -0.607. The van der Waals surface area contributed by atoms with Gasteiger partial charge in [-0.1, -0.05) is 23.7 Å². The molecule has 0 bridgehead atoms. The van der Waals surface area contributed by atoms with Gasteiger partial charge in [0, 0.05) is 6.07 Å².